The fraction of sp³-hybridized carbons (Fsp3) is 0.400. The molecular weight excluding hydrogens is 270 g/mol. The summed E-state index contributed by atoms with van der Waals surface area (Å²) >= 11 is 0. The zero-order chi connectivity index (χ0) is 14.9. The average molecular weight is 293 g/mol. The van der Waals surface area contributed by atoms with E-state index in [1.54, 1.807) is 0 Å². The highest BCUT2D eigenvalue weighted by atomic mass is 16.5. The van der Waals surface area contributed by atoms with Gasteiger partial charge in [-0.25, -0.2) is 0 Å². The van der Waals surface area contributed by atoms with E-state index in [0.717, 1.165) is 25.5 Å². The fourth-order valence-electron chi connectivity index (χ4n) is 3.40. The Morgan fingerprint density at radius 1 is 1.00 bits per heavy atom. The summed E-state index contributed by atoms with van der Waals surface area (Å²) < 4.78 is 6.17. The van der Waals surface area contributed by atoms with Gasteiger partial charge in [-0.2, -0.15) is 0 Å². The van der Waals surface area contributed by atoms with Crippen molar-refractivity contribution in [1.82, 2.24) is 0 Å². The van der Waals surface area contributed by atoms with E-state index in [1.807, 2.05) is 0 Å². The molecule has 0 aromatic heterocycles. The molecule has 1 aliphatic carbocycles. The molecule has 0 saturated heterocycles. The zero-order valence-corrected chi connectivity index (χ0v) is 13.2. The third-order valence-electron chi connectivity index (χ3n) is 4.89. The van der Waals surface area contributed by atoms with E-state index in [2.05, 4.69) is 60.5 Å². The largest absolute Gasteiger partial charge is 0.372 e. The van der Waals surface area contributed by atoms with E-state index in [9.17, 15) is 0 Å². The van der Waals surface area contributed by atoms with Gasteiger partial charge < -0.3 is 9.64 Å². The molecule has 0 radical (unpaired) electrons. The van der Waals surface area contributed by atoms with Gasteiger partial charge >= 0.3 is 0 Å². The van der Waals surface area contributed by atoms with Crippen LogP contribution in [-0.2, 0) is 11.2 Å². The molecule has 1 heterocycles. The Hall–Kier alpha value is -1.80. The normalized spacial score (nSPS) is 21.9. The van der Waals surface area contributed by atoms with Crippen molar-refractivity contribution >= 4 is 5.69 Å². The van der Waals surface area contributed by atoms with Crippen molar-refractivity contribution in [1.29, 1.82) is 0 Å². The van der Waals surface area contributed by atoms with E-state index in [4.69, 9.17) is 4.74 Å². The average Bonchev–Trinajstić information content (AvgIpc) is 3.37. The third kappa shape index (κ3) is 2.76. The second kappa shape index (κ2) is 5.77. The Kier molecular flexibility index (Phi) is 3.63. The first-order valence-corrected chi connectivity index (χ1v) is 8.32. The molecule has 22 heavy (non-hydrogen) atoms. The van der Waals surface area contributed by atoms with Crippen molar-refractivity contribution in [2.75, 3.05) is 25.1 Å². The molecule has 2 aromatic carbocycles. The van der Waals surface area contributed by atoms with Crippen LogP contribution < -0.4 is 4.90 Å². The Morgan fingerprint density at radius 3 is 2.59 bits per heavy atom. The minimum atomic E-state index is 0.170. The maximum Gasteiger partial charge on any atom is 0.0866 e. The van der Waals surface area contributed by atoms with Gasteiger partial charge in [0.1, 0.15) is 0 Å². The monoisotopic (exact) mass is 293 g/mol. The van der Waals surface area contributed by atoms with Crippen LogP contribution in [0.1, 0.15) is 41.6 Å². The van der Waals surface area contributed by atoms with E-state index in [0.29, 0.717) is 0 Å². The van der Waals surface area contributed by atoms with E-state index in [1.165, 1.54) is 35.2 Å². The summed E-state index contributed by atoms with van der Waals surface area (Å²) in [4.78, 5) is 2.33. The molecule has 2 aromatic rings. The molecule has 0 N–H and O–H groups in total. The summed E-state index contributed by atoms with van der Waals surface area (Å²) in [6, 6.07) is 17.7. The van der Waals surface area contributed by atoms with Crippen LogP contribution in [0.3, 0.4) is 0 Å². The lowest BCUT2D eigenvalue weighted by atomic mass is 9.96. The molecular formula is C20H23NO. The summed E-state index contributed by atoms with van der Waals surface area (Å²) in [6.45, 7) is 1.72. The molecule has 1 atom stereocenters. The molecule has 2 nitrogen and oxygen atoms in total. The Balaban J connectivity index is 1.69. The van der Waals surface area contributed by atoms with E-state index < -0.39 is 0 Å². The lowest BCUT2D eigenvalue weighted by molar-refractivity contribution is 0.0560. The third-order valence-corrected chi connectivity index (χ3v) is 4.89. The molecule has 1 saturated carbocycles. The van der Waals surface area contributed by atoms with E-state index >= 15 is 0 Å². The second-order valence-corrected chi connectivity index (χ2v) is 6.56. The van der Waals surface area contributed by atoms with Gasteiger partial charge in [0.2, 0.25) is 0 Å². The van der Waals surface area contributed by atoms with Crippen LogP contribution in [0.25, 0.3) is 0 Å². The zero-order valence-electron chi connectivity index (χ0n) is 13.2. The van der Waals surface area contributed by atoms with Gasteiger partial charge in [0.15, 0.2) is 0 Å². The Morgan fingerprint density at radius 2 is 1.82 bits per heavy atom. The topological polar surface area (TPSA) is 12.5 Å². The molecule has 1 aliphatic heterocycles. The summed E-state index contributed by atoms with van der Waals surface area (Å²) in [7, 11) is 2.17. The Labute approximate surface area is 132 Å². The maximum absolute atomic E-state index is 6.17. The number of fused-ring (bicyclic) bond motifs is 1. The van der Waals surface area contributed by atoms with Crippen LogP contribution in [0.2, 0.25) is 0 Å². The van der Waals surface area contributed by atoms with Crippen molar-refractivity contribution in [3.05, 3.63) is 65.2 Å². The molecule has 0 unspecified atom stereocenters. The lowest BCUT2D eigenvalue weighted by Gasteiger charge is -2.30. The SMILES string of the molecule is CN1CCO[C@@H](c2ccccc2)Cc2cc(C3CC3)ccc21. The highest BCUT2D eigenvalue weighted by molar-refractivity contribution is 5.56. The molecule has 2 aliphatic rings. The quantitative estimate of drug-likeness (QED) is 0.818. The standard InChI is InChI=1S/C20H23NO/c1-21-11-12-22-20(16-5-3-2-4-6-16)14-18-13-17(15-7-8-15)9-10-19(18)21/h2-6,9-10,13,15,20H,7-8,11-12,14H2,1H3/t20-/m1/s1. The van der Waals surface area contributed by atoms with Crippen molar-refractivity contribution < 1.29 is 4.74 Å². The van der Waals surface area contributed by atoms with Crippen LogP contribution in [0, 0.1) is 0 Å². The summed E-state index contributed by atoms with van der Waals surface area (Å²) in [5, 5.41) is 0. The fourth-order valence-corrected chi connectivity index (χ4v) is 3.40. The summed E-state index contributed by atoms with van der Waals surface area (Å²) in [5.74, 6) is 0.803. The van der Waals surface area contributed by atoms with Crippen molar-refractivity contribution in [3.63, 3.8) is 0 Å². The van der Waals surface area contributed by atoms with Gasteiger partial charge in [0.25, 0.3) is 0 Å². The van der Waals surface area contributed by atoms with Gasteiger partial charge in [-0.1, -0.05) is 42.5 Å². The first-order chi connectivity index (χ1) is 10.8. The number of benzene rings is 2. The number of hydrogen-bond acceptors (Lipinski definition) is 2. The number of ether oxygens (including phenoxy) is 1. The first kappa shape index (κ1) is 13.8. The van der Waals surface area contributed by atoms with Crippen LogP contribution in [0.15, 0.2) is 48.5 Å². The number of rotatable bonds is 2. The van der Waals surface area contributed by atoms with E-state index in [-0.39, 0.29) is 6.10 Å². The molecule has 0 bridgehead atoms. The molecule has 1 fully saturated rings. The van der Waals surface area contributed by atoms with Crippen LogP contribution in [-0.4, -0.2) is 20.2 Å². The maximum atomic E-state index is 6.17. The molecule has 2 heteroatoms. The van der Waals surface area contributed by atoms with Crippen molar-refractivity contribution in [3.8, 4) is 0 Å². The highest BCUT2D eigenvalue weighted by Crippen LogP contribution is 2.42. The minimum Gasteiger partial charge on any atom is -0.372 e. The molecule has 114 valence electrons. The van der Waals surface area contributed by atoms with Gasteiger partial charge in [-0.3, -0.25) is 0 Å². The predicted molar refractivity (Wildman–Crippen MR) is 90.5 cm³/mol. The first-order valence-electron chi connectivity index (χ1n) is 8.32. The van der Waals surface area contributed by atoms with Crippen molar-refractivity contribution in [2.24, 2.45) is 0 Å². The Bertz CT molecular complexity index is 648. The number of nitrogens with zero attached hydrogens (tertiary/aromatic N) is 1. The summed E-state index contributed by atoms with van der Waals surface area (Å²) in [5.41, 5.74) is 5.60. The van der Waals surface area contributed by atoms with Gasteiger partial charge in [-0.05, 0) is 41.5 Å². The van der Waals surface area contributed by atoms with Gasteiger partial charge in [0, 0.05) is 25.7 Å². The van der Waals surface area contributed by atoms with Crippen LogP contribution >= 0.6 is 0 Å². The molecule has 0 amide bonds. The number of hydrogen-bond donors (Lipinski definition) is 0. The number of likely N-dealkylation sites (N-methyl/N-ethyl adjacent to an activating group) is 1. The summed E-state index contributed by atoms with van der Waals surface area (Å²) in [6.07, 6.45) is 3.84. The van der Waals surface area contributed by atoms with Gasteiger partial charge in [-0.15, -0.1) is 0 Å². The predicted octanol–water partition coefficient (Wildman–Crippen LogP) is 4.31. The number of anilines is 1. The molecule has 4 rings (SSSR count). The van der Waals surface area contributed by atoms with Crippen LogP contribution in [0.4, 0.5) is 5.69 Å². The van der Waals surface area contributed by atoms with Crippen LogP contribution in [0.5, 0.6) is 0 Å². The van der Waals surface area contributed by atoms with Crippen molar-refractivity contribution in [2.45, 2.75) is 31.3 Å². The van der Waals surface area contributed by atoms with Gasteiger partial charge in [0.05, 0.1) is 12.7 Å². The second-order valence-electron chi connectivity index (χ2n) is 6.56. The molecule has 0 spiro atoms. The highest BCUT2D eigenvalue weighted by Gasteiger charge is 2.26. The minimum absolute atomic E-state index is 0.170. The smallest absolute Gasteiger partial charge is 0.0866 e. The lowest BCUT2D eigenvalue weighted by Crippen LogP contribution is -2.28.